The molecular weight excluding hydrogens is 360 g/mol. The molecule has 142 valence electrons. The minimum Gasteiger partial charge on any atom is -0.321 e. The molecule has 2 aromatic carbocycles. The number of hydrogen-bond donors (Lipinski definition) is 2. The number of aromatic amines is 1. The molecular formula is C21H24N2O3S. The van der Waals surface area contributed by atoms with Gasteiger partial charge in [0.1, 0.15) is 0 Å². The van der Waals surface area contributed by atoms with Gasteiger partial charge in [0.15, 0.2) is 0 Å². The Morgan fingerprint density at radius 1 is 0.963 bits per heavy atom. The zero-order chi connectivity index (χ0) is 19.6. The molecule has 0 bridgehead atoms. The summed E-state index contributed by atoms with van der Waals surface area (Å²) < 4.78 is 27.1. The Morgan fingerprint density at radius 2 is 1.67 bits per heavy atom. The summed E-state index contributed by atoms with van der Waals surface area (Å²) in [5, 5.41) is 0.963. The van der Waals surface area contributed by atoms with E-state index in [-0.39, 0.29) is 17.9 Å². The molecule has 27 heavy (non-hydrogen) atoms. The molecule has 0 aliphatic heterocycles. The summed E-state index contributed by atoms with van der Waals surface area (Å²) in [4.78, 5) is 15.2. The van der Waals surface area contributed by atoms with Gasteiger partial charge in [-0.25, -0.2) is 13.1 Å². The molecule has 0 spiro atoms. The smallest absolute Gasteiger partial charge is 0.251 e. The number of H-pyrrole nitrogens is 1. The fourth-order valence-electron chi connectivity index (χ4n) is 3.21. The molecule has 2 N–H and O–H groups in total. The Labute approximate surface area is 159 Å². The largest absolute Gasteiger partial charge is 0.321 e. The van der Waals surface area contributed by atoms with E-state index in [0.717, 1.165) is 33.2 Å². The zero-order valence-corrected chi connectivity index (χ0v) is 16.6. The van der Waals surface area contributed by atoms with Crippen molar-refractivity contribution in [2.75, 3.05) is 6.54 Å². The molecule has 3 aromatic rings. The second-order valence-corrected chi connectivity index (χ2v) is 8.87. The monoisotopic (exact) mass is 384 g/mol. The summed E-state index contributed by atoms with van der Waals surface area (Å²) in [6.45, 7) is 6.12. The number of pyridine rings is 1. The number of aromatic nitrogens is 1. The van der Waals surface area contributed by atoms with Crippen LogP contribution in [0.1, 0.15) is 27.8 Å². The molecule has 0 aliphatic carbocycles. The predicted molar refractivity (Wildman–Crippen MR) is 110 cm³/mol. The molecule has 0 radical (unpaired) electrons. The lowest BCUT2D eigenvalue weighted by molar-refractivity contribution is 0.580. The van der Waals surface area contributed by atoms with Crippen molar-refractivity contribution in [2.45, 2.75) is 32.9 Å². The Hall–Kier alpha value is -2.44. The van der Waals surface area contributed by atoms with Gasteiger partial charge in [0.05, 0.1) is 11.3 Å². The van der Waals surface area contributed by atoms with Crippen LogP contribution in [0.4, 0.5) is 0 Å². The van der Waals surface area contributed by atoms with Crippen molar-refractivity contribution in [3.63, 3.8) is 0 Å². The molecule has 6 heteroatoms. The standard InChI is InChI=1S/C21H24N2O3S/c1-14-4-6-17(7-5-14)13-27(25,26)22-9-8-18-12-19-11-15(2)10-16(3)20(19)23-21(18)24/h4-7,10-12,22H,8-9,13H2,1-3H3,(H,23,24). The third-order valence-electron chi connectivity index (χ3n) is 4.56. The highest BCUT2D eigenvalue weighted by Gasteiger charge is 2.12. The molecule has 0 unspecified atom stereocenters. The van der Waals surface area contributed by atoms with Gasteiger partial charge in [0.25, 0.3) is 5.56 Å². The van der Waals surface area contributed by atoms with E-state index in [0.29, 0.717) is 12.0 Å². The maximum absolute atomic E-state index is 12.3. The van der Waals surface area contributed by atoms with Crippen molar-refractivity contribution in [1.29, 1.82) is 0 Å². The summed E-state index contributed by atoms with van der Waals surface area (Å²) in [5.74, 6) is -0.0697. The van der Waals surface area contributed by atoms with Crippen LogP contribution >= 0.6 is 0 Å². The van der Waals surface area contributed by atoms with E-state index in [1.807, 2.05) is 63.2 Å². The van der Waals surface area contributed by atoms with Crippen molar-refractivity contribution < 1.29 is 8.42 Å². The molecule has 3 rings (SSSR count). The van der Waals surface area contributed by atoms with Crippen LogP contribution in [0.5, 0.6) is 0 Å². The number of rotatable bonds is 6. The second kappa shape index (κ2) is 7.66. The van der Waals surface area contributed by atoms with Crippen LogP contribution in [0.25, 0.3) is 10.9 Å². The van der Waals surface area contributed by atoms with Gasteiger partial charge in [-0.2, -0.15) is 0 Å². The van der Waals surface area contributed by atoms with E-state index in [9.17, 15) is 13.2 Å². The normalized spacial score (nSPS) is 11.8. The first kappa shape index (κ1) is 19.3. The summed E-state index contributed by atoms with van der Waals surface area (Å²) in [6, 6.07) is 13.3. The fourth-order valence-corrected chi connectivity index (χ4v) is 4.36. The summed E-state index contributed by atoms with van der Waals surface area (Å²) in [6.07, 6.45) is 0.339. The van der Waals surface area contributed by atoms with E-state index in [1.165, 1.54) is 0 Å². The third kappa shape index (κ3) is 4.84. The number of fused-ring (bicyclic) bond motifs is 1. The average molecular weight is 385 g/mol. The Morgan fingerprint density at radius 3 is 2.37 bits per heavy atom. The molecule has 1 heterocycles. The first-order chi connectivity index (χ1) is 12.7. The minimum atomic E-state index is -3.45. The highest BCUT2D eigenvalue weighted by Crippen LogP contribution is 2.18. The van der Waals surface area contributed by atoms with Gasteiger partial charge in [-0.1, -0.05) is 41.5 Å². The Balaban J connectivity index is 1.70. The molecule has 1 aromatic heterocycles. The third-order valence-corrected chi connectivity index (χ3v) is 5.92. The molecule has 0 amide bonds. The summed E-state index contributed by atoms with van der Waals surface area (Å²) in [5.41, 5.74) is 5.20. The minimum absolute atomic E-state index is 0.0697. The van der Waals surface area contributed by atoms with Crippen LogP contribution in [0.2, 0.25) is 0 Å². The van der Waals surface area contributed by atoms with E-state index >= 15 is 0 Å². The van der Waals surface area contributed by atoms with E-state index in [1.54, 1.807) is 0 Å². The van der Waals surface area contributed by atoms with Gasteiger partial charge in [0.2, 0.25) is 10.0 Å². The summed E-state index contributed by atoms with van der Waals surface area (Å²) >= 11 is 0. The van der Waals surface area contributed by atoms with Crippen LogP contribution in [0.3, 0.4) is 0 Å². The topological polar surface area (TPSA) is 79.0 Å². The number of nitrogens with one attached hydrogen (secondary N) is 2. The maximum Gasteiger partial charge on any atom is 0.251 e. The zero-order valence-electron chi connectivity index (χ0n) is 15.8. The van der Waals surface area contributed by atoms with Crippen molar-refractivity contribution in [3.05, 3.63) is 80.6 Å². The van der Waals surface area contributed by atoms with Crippen LogP contribution in [0, 0.1) is 20.8 Å². The quantitative estimate of drug-likeness (QED) is 0.685. The van der Waals surface area contributed by atoms with E-state index in [2.05, 4.69) is 9.71 Å². The molecule has 0 saturated heterocycles. The van der Waals surface area contributed by atoms with Gasteiger partial charge in [-0.05, 0) is 55.8 Å². The van der Waals surface area contributed by atoms with Crippen molar-refractivity contribution in [1.82, 2.24) is 9.71 Å². The van der Waals surface area contributed by atoms with Crippen LogP contribution in [-0.4, -0.2) is 19.9 Å². The van der Waals surface area contributed by atoms with Crippen molar-refractivity contribution in [2.24, 2.45) is 0 Å². The fraction of sp³-hybridized carbons (Fsp3) is 0.286. The number of aryl methyl sites for hydroxylation is 3. The van der Waals surface area contributed by atoms with Gasteiger partial charge in [0, 0.05) is 12.1 Å². The first-order valence-corrected chi connectivity index (χ1v) is 10.5. The highest BCUT2D eigenvalue weighted by atomic mass is 32.2. The Bertz CT molecular complexity index is 1130. The lowest BCUT2D eigenvalue weighted by atomic mass is 10.0. The van der Waals surface area contributed by atoms with Crippen molar-refractivity contribution >= 4 is 20.9 Å². The molecule has 0 aliphatic rings. The van der Waals surface area contributed by atoms with E-state index < -0.39 is 10.0 Å². The van der Waals surface area contributed by atoms with Crippen LogP contribution < -0.4 is 10.3 Å². The SMILES string of the molecule is Cc1ccc(CS(=O)(=O)NCCc2cc3cc(C)cc(C)c3[nH]c2=O)cc1. The lowest BCUT2D eigenvalue weighted by Crippen LogP contribution is -2.28. The van der Waals surface area contributed by atoms with Gasteiger partial charge >= 0.3 is 0 Å². The average Bonchev–Trinajstić information content (AvgIpc) is 2.58. The highest BCUT2D eigenvalue weighted by molar-refractivity contribution is 7.88. The molecule has 0 atom stereocenters. The van der Waals surface area contributed by atoms with Gasteiger partial charge in [-0.3, -0.25) is 4.79 Å². The molecule has 0 fully saturated rings. The van der Waals surface area contributed by atoms with E-state index in [4.69, 9.17) is 0 Å². The number of hydrogen-bond acceptors (Lipinski definition) is 3. The van der Waals surface area contributed by atoms with Gasteiger partial charge < -0.3 is 4.98 Å². The van der Waals surface area contributed by atoms with Gasteiger partial charge in [-0.15, -0.1) is 0 Å². The maximum atomic E-state index is 12.3. The predicted octanol–water partition coefficient (Wildman–Crippen LogP) is 3.12. The first-order valence-electron chi connectivity index (χ1n) is 8.89. The number of sulfonamides is 1. The second-order valence-electron chi connectivity index (χ2n) is 7.06. The number of benzene rings is 2. The molecule has 5 nitrogen and oxygen atoms in total. The Kier molecular flexibility index (Phi) is 5.48. The summed E-state index contributed by atoms with van der Waals surface area (Å²) in [7, 11) is -3.45. The molecule has 0 saturated carbocycles. The van der Waals surface area contributed by atoms with Crippen molar-refractivity contribution in [3.8, 4) is 0 Å². The van der Waals surface area contributed by atoms with Crippen LogP contribution in [0.15, 0.2) is 47.3 Å². The lowest BCUT2D eigenvalue weighted by Gasteiger charge is -2.09. The van der Waals surface area contributed by atoms with Crippen LogP contribution in [-0.2, 0) is 22.2 Å².